The Balaban J connectivity index is 3.23. The van der Waals surface area contributed by atoms with Gasteiger partial charge in [0.15, 0.2) is 0 Å². The predicted molar refractivity (Wildman–Crippen MR) is 68.2 cm³/mol. The van der Waals surface area contributed by atoms with E-state index in [-0.39, 0.29) is 5.56 Å². The van der Waals surface area contributed by atoms with Crippen LogP contribution < -0.4 is 4.18 Å². The monoisotopic (exact) mass is 434 g/mol. The smallest absolute Gasteiger partial charge is 0.460 e. The number of aliphatic carboxylic acids is 1. The van der Waals surface area contributed by atoms with Gasteiger partial charge in [-0.05, 0) is 17.7 Å². The highest BCUT2D eigenvalue weighted by Gasteiger charge is 2.86. The van der Waals surface area contributed by atoms with Crippen molar-refractivity contribution in [2.45, 2.75) is 29.7 Å². The number of carboxylic acid groups (broad SMARTS) is 1. The zero-order valence-corrected chi connectivity index (χ0v) is 13.2. The van der Waals surface area contributed by atoms with Crippen molar-refractivity contribution in [2.24, 2.45) is 0 Å². The lowest BCUT2D eigenvalue weighted by Gasteiger charge is -2.32. The summed E-state index contributed by atoms with van der Waals surface area (Å²) >= 11 is 0. The van der Waals surface area contributed by atoms with Gasteiger partial charge in [-0.2, -0.15) is 47.9 Å². The summed E-state index contributed by atoms with van der Waals surface area (Å²) in [7, 11) is -7.03. The predicted octanol–water partition coefficient (Wildman–Crippen LogP) is 3.45. The summed E-state index contributed by atoms with van der Waals surface area (Å²) in [6.07, 6.45) is -7.80. The topological polar surface area (TPSA) is 80.7 Å². The molecule has 5 nitrogen and oxygen atoms in total. The lowest BCUT2D eigenvalue weighted by Crippen LogP contribution is -2.63. The number of rotatable bonds is 7. The fourth-order valence-electron chi connectivity index (χ4n) is 1.53. The van der Waals surface area contributed by atoms with Gasteiger partial charge in [-0.25, -0.2) is 0 Å². The minimum Gasteiger partial charge on any atom is -0.481 e. The lowest BCUT2D eigenvalue weighted by molar-refractivity contribution is -0.382. The van der Waals surface area contributed by atoms with E-state index in [2.05, 4.69) is 4.18 Å². The number of carbonyl (C=O) groups is 1. The van der Waals surface area contributed by atoms with Crippen molar-refractivity contribution in [1.82, 2.24) is 0 Å². The van der Waals surface area contributed by atoms with Gasteiger partial charge in [0.1, 0.15) is 5.75 Å². The number of hydrogen-bond acceptors (Lipinski definition) is 4. The maximum atomic E-state index is 13.4. The Hall–Kier alpha value is -2.19. The van der Waals surface area contributed by atoms with E-state index in [9.17, 15) is 52.7 Å². The second-order valence-corrected chi connectivity index (χ2v) is 6.50. The normalized spacial score (nSPS) is 14.1. The maximum Gasteiger partial charge on any atom is 0.460 e. The third-order valence-corrected chi connectivity index (χ3v) is 4.21. The maximum absolute atomic E-state index is 13.4. The van der Waals surface area contributed by atoms with E-state index in [1.807, 2.05) is 0 Å². The molecule has 27 heavy (non-hydrogen) atoms. The SMILES string of the molecule is O=C(O)Cc1ccc(OS(=O)(=O)C(F)(F)C(F)(F)C(F)(F)C(F)(F)F)cc1. The number of carboxylic acids is 1. The van der Waals surface area contributed by atoms with Gasteiger partial charge in [0.2, 0.25) is 0 Å². The van der Waals surface area contributed by atoms with Crippen LogP contribution in [0.25, 0.3) is 0 Å². The van der Waals surface area contributed by atoms with E-state index in [0.29, 0.717) is 12.1 Å². The van der Waals surface area contributed by atoms with Crippen molar-refractivity contribution in [2.75, 3.05) is 0 Å². The van der Waals surface area contributed by atoms with Gasteiger partial charge in [-0.15, -0.1) is 0 Å². The van der Waals surface area contributed by atoms with Crippen LogP contribution in [0.5, 0.6) is 5.75 Å². The second-order valence-electron chi connectivity index (χ2n) is 4.92. The van der Waals surface area contributed by atoms with Crippen LogP contribution in [0.2, 0.25) is 0 Å². The fourth-order valence-corrected chi connectivity index (χ4v) is 2.45. The molecule has 15 heteroatoms. The van der Waals surface area contributed by atoms with Crippen LogP contribution in [0.3, 0.4) is 0 Å². The summed E-state index contributed by atoms with van der Waals surface area (Å²) in [4.78, 5) is 10.4. The van der Waals surface area contributed by atoms with Crippen molar-refractivity contribution in [3.8, 4) is 5.75 Å². The van der Waals surface area contributed by atoms with Gasteiger partial charge >= 0.3 is 39.4 Å². The molecular formula is C12H7F9O5S. The highest BCUT2D eigenvalue weighted by atomic mass is 32.2. The van der Waals surface area contributed by atoms with Gasteiger partial charge < -0.3 is 9.29 Å². The van der Waals surface area contributed by atoms with Crippen LogP contribution in [0.1, 0.15) is 5.56 Å². The van der Waals surface area contributed by atoms with E-state index in [0.717, 1.165) is 12.1 Å². The Bertz CT molecular complexity index is 800. The molecule has 0 unspecified atom stereocenters. The average Bonchev–Trinajstić information content (AvgIpc) is 2.46. The minimum absolute atomic E-state index is 0.0204. The van der Waals surface area contributed by atoms with E-state index in [4.69, 9.17) is 5.11 Å². The first-order valence-electron chi connectivity index (χ1n) is 6.32. The molecule has 0 spiro atoms. The zero-order chi connectivity index (χ0) is 21.5. The molecule has 0 heterocycles. The quantitative estimate of drug-likeness (QED) is 0.526. The van der Waals surface area contributed by atoms with Crippen molar-refractivity contribution in [3.05, 3.63) is 29.8 Å². The Kier molecular flexibility index (Phi) is 5.72. The van der Waals surface area contributed by atoms with Crippen LogP contribution in [-0.4, -0.2) is 42.8 Å². The van der Waals surface area contributed by atoms with Crippen LogP contribution in [0, 0.1) is 0 Å². The zero-order valence-electron chi connectivity index (χ0n) is 12.4. The molecule has 154 valence electrons. The molecule has 0 atom stereocenters. The van der Waals surface area contributed by atoms with E-state index in [1.54, 1.807) is 0 Å². The lowest BCUT2D eigenvalue weighted by atomic mass is 10.1. The van der Waals surface area contributed by atoms with E-state index < -0.39 is 51.5 Å². The Morgan fingerprint density at radius 3 is 1.70 bits per heavy atom. The van der Waals surface area contributed by atoms with Gasteiger partial charge in [-0.3, -0.25) is 4.79 Å². The molecule has 0 saturated heterocycles. The molecule has 0 aliphatic heterocycles. The molecule has 0 fully saturated rings. The van der Waals surface area contributed by atoms with Crippen LogP contribution in [-0.2, 0) is 21.3 Å². The molecule has 0 aromatic heterocycles. The third kappa shape index (κ3) is 4.06. The van der Waals surface area contributed by atoms with Crippen LogP contribution >= 0.6 is 0 Å². The van der Waals surface area contributed by atoms with Crippen molar-refractivity contribution >= 4 is 16.1 Å². The number of hydrogen-bond donors (Lipinski definition) is 1. The van der Waals surface area contributed by atoms with Crippen molar-refractivity contribution in [3.63, 3.8) is 0 Å². The largest absolute Gasteiger partial charge is 0.481 e. The van der Waals surface area contributed by atoms with Crippen molar-refractivity contribution in [1.29, 1.82) is 0 Å². The van der Waals surface area contributed by atoms with Gasteiger partial charge in [0.25, 0.3) is 0 Å². The van der Waals surface area contributed by atoms with Crippen LogP contribution in [0.4, 0.5) is 39.5 Å². The standard InChI is InChI=1S/C12H7F9O5S/c13-9(14,11(17,18)19)10(15,16)12(20,21)27(24,25)26-7-3-1-6(2-4-7)5-8(22)23/h1-4H,5H2,(H,22,23). The van der Waals surface area contributed by atoms with Gasteiger partial charge in [0.05, 0.1) is 6.42 Å². The molecule has 0 aliphatic carbocycles. The Morgan fingerprint density at radius 1 is 0.889 bits per heavy atom. The fraction of sp³-hybridized carbons (Fsp3) is 0.417. The number of alkyl halides is 9. The van der Waals surface area contributed by atoms with E-state index >= 15 is 0 Å². The Labute approximate surface area is 144 Å². The highest BCUT2D eigenvalue weighted by Crippen LogP contribution is 2.54. The number of halogens is 9. The van der Waals surface area contributed by atoms with Crippen molar-refractivity contribution < 1.29 is 62.0 Å². The summed E-state index contributed by atoms with van der Waals surface area (Å²) in [6.45, 7) is 0. The molecular weight excluding hydrogens is 427 g/mol. The summed E-state index contributed by atoms with van der Waals surface area (Å²) in [6, 6.07) is 2.62. The van der Waals surface area contributed by atoms with Gasteiger partial charge in [0, 0.05) is 0 Å². The highest BCUT2D eigenvalue weighted by molar-refractivity contribution is 7.88. The summed E-state index contributed by atoms with van der Waals surface area (Å²) in [5, 5.41) is 1.51. The molecule has 0 aliphatic rings. The molecule has 1 aromatic rings. The molecule has 1 rings (SSSR count). The third-order valence-electron chi connectivity index (χ3n) is 2.91. The van der Waals surface area contributed by atoms with Crippen LogP contribution in [0.15, 0.2) is 24.3 Å². The summed E-state index contributed by atoms with van der Waals surface area (Å²) in [5.74, 6) is -17.3. The first-order valence-corrected chi connectivity index (χ1v) is 7.72. The van der Waals surface area contributed by atoms with E-state index in [1.165, 1.54) is 0 Å². The molecule has 1 N–H and O–H groups in total. The molecule has 1 aromatic carbocycles. The first-order chi connectivity index (χ1) is 11.9. The first kappa shape index (κ1) is 22.9. The summed E-state index contributed by atoms with van der Waals surface area (Å²) in [5.41, 5.74) is -0.0204. The average molecular weight is 434 g/mol. The molecule has 0 bridgehead atoms. The summed E-state index contributed by atoms with van der Waals surface area (Å²) < 4.78 is 141. The molecule has 0 saturated carbocycles. The second kappa shape index (κ2) is 6.76. The van der Waals surface area contributed by atoms with Gasteiger partial charge in [-0.1, -0.05) is 12.1 Å². The minimum atomic E-state index is -7.40. The molecule has 0 amide bonds. The number of benzene rings is 1. The molecule has 0 radical (unpaired) electrons. The Morgan fingerprint density at radius 2 is 1.33 bits per heavy atom.